The standard InChI is InChI=1S/C24H24Cl2FN7O4S2/c1-15(2)39(35,36)32-6-3-18(13-32)40(37,38)34-20-10-17(27)9-19(26)21(20)22(30-34)33-8-7-31(14-24(33)4-5-24)23-28-11-16(25)12-29-23/h3,6,9-13,15H,4-5,7-8,14H2,1-2H3. The summed E-state index contributed by atoms with van der Waals surface area (Å²) in [7, 11) is -8.22. The lowest BCUT2D eigenvalue weighted by Gasteiger charge is -2.42. The van der Waals surface area contributed by atoms with E-state index in [0.717, 1.165) is 39.2 Å². The second-order valence-electron chi connectivity index (χ2n) is 10.2. The number of halogens is 3. The zero-order chi connectivity index (χ0) is 28.6. The van der Waals surface area contributed by atoms with E-state index in [9.17, 15) is 21.2 Å². The molecule has 212 valence electrons. The summed E-state index contributed by atoms with van der Waals surface area (Å²) in [4.78, 5) is 12.4. The van der Waals surface area contributed by atoms with E-state index in [2.05, 4.69) is 15.1 Å². The van der Waals surface area contributed by atoms with Gasteiger partial charge in [-0.05, 0) is 38.8 Å². The SMILES string of the molecule is CC(C)S(=O)(=O)n1ccc(S(=O)(=O)n2nc(N3CCN(c4ncc(Cl)cn4)CC34CC4)c3c(Cl)cc(F)cc32)c1. The van der Waals surface area contributed by atoms with Crippen LogP contribution >= 0.6 is 23.2 Å². The van der Waals surface area contributed by atoms with Crippen molar-refractivity contribution in [1.29, 1.82) is 0 Å². The van der Waals surface area contributed by atoms with Crippen LogP contribution in [0.4, 0.5) is 16.2 Å². The average molecular weight is 629 g/mol. The Morgan fingerprint density at radius 1 is 1.05 bits per heavy atom. The van der Waals surface area contributed by atoms with Gasteiger partial charge in [0.25, 0.3) is 10.0 Å². The van der Waals surface area contributed by atoms with Crippen LogP contribution in [0.5, 0.6) is 0 Å². The maximum absolute atomic E-state index is 14.6. The molecular formula is C24H24Cl2FN7O4S2. The summed E-state index contributed by atoms with van der Waals surface area (Å²) in [6.07, 6.45) is 6.87. The number of benzene rings is 1. The van der Waals surface area contributed by atoms with Crippen molar-refractivity contribution in [3.63, 3.8) is 0 Å². The highest BCUT2D eigenvalue weighted by Gasteiger charge is 2.53. The van der Waals surface area contributed by atoms with Gasteiger partial charge in [-0.1, -0.05) is 23.2 Å². The Bertz CT molecular complexity index is 1850. The quantitative estimate of drug-likeness (QED) is 0.314. The van der Waals surface area contributed by atoms with Gasteiger partial charge in [0.05, 0.1) is 44.1 Å². The summed E-state index contributed by atoms with van der Waals surface area (Å²) < 4.78 is 68.9. The zero-order valence-corrected chi connectivity index (χ0v) is 24.5. The molecule has 16 heteroatoms. The average Bonchev–Trinajstić information content (AvgIpc) is 3.29. The van der Waals surface area contributed by atoms with Gasteiger partial charge in [0.2, 0.25) is 16.0 Å². The largest absolute Gasteiger partial charge is 0.345 e. The number of piperazine rings is 1. The van der Waals surface area contributed by atoms with Crippen molar-refractivity contribution in [3.8, 4) is 0 Å². The molecule has 1 aliphatic heterocycles. The van der Waals surface area contributed by atoms with Gasteiger partial charge < -0.3 is 9.80 Å². The minimum Gasteiger partial charge on any atom is -0.345 e. The number of aromatic nitrogens is 5. The molecule has 4 heterocycles. The van der Waals surface area contributed by atoms with E-state index in [-0.39, 0.29) is 21.0 Å². The van der Waals surface area contributed by atoms with Crippen LogP contribution in [0.25, 0.3) is 10.9 Å². The third-order valence-corrected chi connectivity index (χ3v) is 11.4. The Balaban J connectivity index is 1.43. The number of hydrogen-bond acceptors (Lipinski definition) is 9. The summed E-state index contributed by atoms with van der Waals surface area (Å²) in [5.74, 6) is 0.118. The highest BCUT2D eigenvalue weighted by Crippen LogP contribution is 2.49. The Morgan fingerprint density at radius 2 is 1.75 bits per heavy atom. The van der Waals surface area contributed by atoms with Crippen molar-refractivity contribution in [2.45, 2.75) is 42.4 Å². The zero-order valence-electron chi connectivity index (χ0n) is 21.4. The first kappa shape index (κ1) is 27.2. The molecule has 0 atom stereocenters. The predicted molar refractivity (Wildman–Crippen MR) is 150 cm³/mol. The first-order valence-corrected chi connectivity index (χ1v) is 16.1. The fourth-order valence-electron chi connectivity index (χ4n) is 5.03. The molecular weight excluding hydrogens is 604 g/mol. The number of hydrogen-bond donors (Lipinski definition) is 0. The molecule has 0 radical (unpaired) electrons. The topological polar surface area (TPSA) is 123 Å². The summed E-state index contributed by atoms with van der Waals surface area (Å²) in [6, 6.07) is 3.36. The second kappa shape index (κ2) is 9.29. The molecule has 40 heavy (non-hydrogen) atoms. The minimum atomic E-state index is -4.43. The van der Waals surface area contributed by atoms with Crippen LogP contribution in [0.2, 0.25) is 10.0 Å². The fourth-order valence-corrected chi connectivity index (χ4v) is 7.72. The highest BCUT2D eigenvalue weighted by atomic mass is 35.5. The molecule has 4 aromatic rings. The molecule has 1 saturated carbocycles. The molecule has 0 N–H and O–H groups in total. The van der Waals surface area contributed by atoms with Crippen molar-refractivity contribution in [2.75, 3.05) is 29.4 Å². The lowest BCUT2D eigenvalue weighted by Crippen LogP contribution is -2.56. The van der Waals surface area contributed by atoms with E-state index in [1.807, 2.05) is 9.80 Å². The Labute approximate surface area is 240 Å². The molecule has 6 rings (SSSR count). The molecule has 1 spiro atoms. The van der Waals surface area contributed by atoms with Gasteiger partial charge in [-0.25, -0.2) is 22.8 Å². The predicted octanol–water partition coefficient (Wildman–Crippen LogP) is 3.76. The number of fused-ring (bicyclic) bond motifs is 1. The van der Waals surface area contributed by atoms with Crippen molar-refractivity contribution in [1.82, 2.24) is 23.1 Å². The van der Waals surface area contributed by atoms with Crippen LogP contribution < -0.4 is 9.80 Å². The molecule has 0 amide bonds. The highest BCUT2D eigenvalue weighted by molar-refractivity contribution is 7.91. The van der Waals surface area contributed by atoms with Gasteiger partial charge in [0.1, 0.15) is 10.7 Å². The van der Waals surface area contributed by atoms with Crippen molar-refractivity contribution in [2.24, 2.45) is 0 Å². The molecule has 1 aliphatic carbocycles. The van der Waals surface area contributed by atoms with Crippen LogP contribution in [0.15, 0.2) is 47.9 Å². The molecule has 2 aliphatic rings. The van der Waals surface area contributed by atoms with Crippen molar-refractivity contribution >= 4 is 65.9 Å². The minimum absolute atomic E-state index is 0.0191. The molecule has 1 saturated heterocycles. The van der Waals surface area contributed by atoms with Gasteiger partial charge in [-0.15, -0.1) is 5.10 Å². The smallest absolute Gasteiger partial charge is 0.285 e. The summed E-state index contributed by atoms with van der Waals surface area (Å²) in [5.41, 5.74) is -0.414. The normalized spacial score (nSPS) is 17.4. The van der Waals surface area contributed by atoms with Gasteiger partial charge >= 0.3 is 0 Å². The number of rotatable bonds is 6. The van der Waals surface area contributed by atoms with E-state index in [1.165, 1.54) is 38.5 Å². The summed E-state index contributed by atoms with van der Waals surface area (Å²) >= 11 is 12.4. The molecule has 3 aromatic heterocycles. The number of anilines is 2. The van der Waals surface area contributed by atoms with Crippen LogP contribution in [-0.2, 0) is 20.0 Å². The molecule has 11 nitrogen and oxygen atoms in total. The first-order valence-electron chi connectivity index (χ1n) is 12.4. The Morgan fingerprint density at radius 3 is 2.40 bits per heavy atom. The van der Waals surface area contributed by atoms with E-state index >= 15 is 0 Å². The molecule has 0 unspecified atom stereocenters. The van der Waals surface area contributed by atoms with Crippen LogP contribution in [0.3, 0.4) is 0 Å². The third-order valence-electron chi connectivity index (χ3n) is 7.33. The van der Waals surface area contributed by atoms with E-state index in [1.54, 1.807) is 0 Å². The van der Waals surface area contributed by atoms with Gasteiger partial charge in [-0.3, -0.25) is 3.97 Å². The second-order valence-corrected chi connectivity index (χ2v) is 15.2. The van der Waals surface area contributed by atoms with E-state index < -0.39 is 31.1 Å². The lowest BCUT2D eigenvalue weighted by atomic mass is 10.1. The van der Waals surface area contributed by atoms with Gasteiger partial charge in [0, 0.05) is 38.1 Å². The van der Waals surface area contributed by atoms with Crippen molar-refractivity contribution < 1.29 is 21.2 Å². The molecule has 0 bridgehead atoms. The van der Waals surface area contributed by atoms with Gasteiger partial charge in [0.15, 0.2) is 5.82 Å². The maximum Gasteiger partial charge on any atom is 0.285 e. The number of nitrogens with zero attached hydrogens (tertiary/aromatic N) is 7. The monoisotopic (exact) mass is 627 g/mol. The maximum atomic E-state index is 14.6. The van der Waals surface area contributed by atoms with E-state index in [0.29, 0.717) is 41.8 Å². The summed E-state index contributed by atoms with van der Waals surface area (Å²) in [5, 5.41) is 4.47. The fraction of sp³-hybridized carbons (Fsp3) is 0.375. The Hall–Kier alpha value is -2.94. The summed E-state index contributed by atoms with van der Waals surface area (Å²) in [6.45, 7) is 4.51. The van der Waals surface area contributed by atoms with Crippen molar-refractivity contribution in [3.05, 3.63) is 58.8 Å². The molecule has 1 aromatic carbocycles. The van der Waals surface area contributed by atoms with Crippen LogP contribution in [-0.4, -0.2) is 70.4 Å². The lowest BCUT2D eigenvalue weighted by molar-refractivity contribution is 0.498. The van der Waals surface area contributed by atoms with Crippen LogP contribution in [0, 0.1) is 5.82 Å². The van der Waals surface area contributed by atoms with Gasteiger partial charge in [-0.2, -0.15) is 12.5 Å². The van der Waals surface area contributed by atoms with Crippen LogP contribution in [0.1, 0.15) is 26.7 Å². The Kier molecular flexibility index (Phi) is 6.33. The first-order chi connectivity index (χ1) is 18.8. The van der Waals surface area contributed by atoms with E-state index in [4.69, 9.17) is 23.2 Å². The molecule has 2 fully saturated rings. The third kappa shape index (κ3) is 4.32.